The zero-order valence-electron chi connectivity index (χ0n) is 14.5. The Morgan fingerprint density at radius 2 is 1.86 bits per heavy atom. The SMILES string of the molecule is O=C(O)COc1ccc(/C=C2\C(=O)NC(=S)N(c3ccc(Cl)cc3)C2=O)cc1Cl. The first-order valence-corrected chi connectivity index (χ1v) is 9.24. The Balaban J connectivity index is 1.91. The number of benzene rings is 2. The second-order valence-corrected chi connectivity index (χ2v) is 7.04. The largest absolute Gasteiger partial charge is 0.480 e. The van der Waals surface area contributed by atoms with Crippen molar-refractivity contribution >= 4 is 70.1 Å². The fourth-order valence-corrected chi connectivity index (χ4v) is 3.16. The number of thiocarbonyl (C=S) groups is 1. The number of nitrogens with zero attached hydrogens (tertiary/aromatic N) is 1. The van der Waals surface area contributed by atoms with Crippen LogP contribution in [0.5, 0.6) is 5.75 Å². The Morgan fingerprint density at radius 3 is 2.48 bits per heavy atom. The van der Waals surface area contributed by atoms with Crippen molar-refractivity contribution < 1.29 is 24.2 Å². The van der Waals surface area contributed by atoms with Gasteiger partial charge in [-0.2, -0.15) is 0 Å². The van der Waals surface area contributed by atoms with Crippen LogP contribution in [-0.4, -0.2) is 34.6 Å². The number of nitrogens with one attached hydrogen (secondary N) is 1. The van der Waals surface area contributed by atoms with Gasteiger partial charge in [0, 0.05) is 5.02 Å². The lowest BCUT2D eigenvalue weighted by Crippen LogP contribution is -2.54. The summed E-state index contributed by atoms with van der Waals surface area (Å²) in [5, 5.41) is 11.7. The molecule has 29 heavy (non-hydrogen) atoms. The van der Waals surface area contributed by atoms with Crippen LogP contribution in [0.15, 0.2) is 48.0 Å². The van der Waals surface area contributed by atoms with Gasteiger partial charge < -0.3 is 9.84 Å². The quantitative estimate of drug-likeness (QED) is 0.412. The maximum atomic E-state index is 12.9. The van der Waals surface area contributed by atoms with Gasteiger partial charge in [-0.05, 0) is 60.3 Å². The number of anilines is 1. The summed E-state index contributed by atoms with van der Waals surface area (Å²) < 4.78 is 5.05. The monoisotopic (exact) mass is 450 g/mol. The van der Waals surface area contributed by atoms with Crippen LogP contribution >= 0.6 is 35.4 Å². The molecule has 0 radical (unpaired) electrons. The molecule has 10 heteroatoms. The molecule has 0 bridgehead atoms. The van der Waals surface area contributed by atoms with E-state index in [1.807, 2.05) is 0 Å². The molecule has 0 aromatic heterocycles. The molecule has 0 atom stereocenters. The van der Waals surface area contributed by atoms with Crippen LogP contribution in [0.4, 0.5) is 5.69 Å². The van der Waals surface area contributed by atoms with Crippen molar-refractivity contribution in [2.24, 2.45) is 0 Å². The molecule has 0 saturated carbocycles. The third-order valence-electron chi connectivity index (χ3n) is 3.80. The predicted octanol–water partition coefficient (Wildman–Crippen LogP) is 3.29. The second kappa shape index (κ2) is 8.60. The van der Waals surface area contributed by atoms with Gasteiger partial charge in [0.15, 0.2) is 11.7 Å². The standard InChI is InChI=1S/C19H12Cl2N2O5S/c20-11-2-4-12(5-3-11)23-18(27)13(17(26)22-19(23)29)7-10-1-6-15(14(21)8-10)28-9-16(24)25/h1-8H,9H2,(H,24,25)(H,22,26,29)/b13-7+. The summed E-state index contributed by atoms with van der Waals surface area (Å²) in [4.78, 5) is 37.0. The Morgan fingerprint density at radius 1 is 1.17 bits per heavy atom. The first-order valence-electron chi connectivity index (χ1n) is 8.07. The van der Waals surface area contributed by atoms with Crippen molar-refractivity contribution in [3.05, 3.63) is 63.6 Å². The highest BCUT2D eigenvalue weighted by Crippen LogP contribution is 2.28. The molecule has 2 amide bonds. The second-order valence-electron chi connectivity index (χ2n) is 5.81. The van der Waals surface area contributed by atoms with Crippen molar-refractivity contribution in [1.82, 2.24) is 5.32 Å². The fraction of sp³-hybridized carbons (Fsp3) is 0.0526. The van der Waals surface area contributed by atoms with E-state index in [0.717, 1.165) is 0 Å². The number of carbonyl (C=O) groups is 3. The first-order chi connectivity index (χ1) is 13.8. The fourth-order valence-electron chi connectivity index (χ4n) is 2.51. The van der Waals surface area contributed by atoms with E-state index < -0.39 is 24.4 Å². The summed E-state index contributed by atoms with van der Waals surface area (Å²) in [5.41, 5.74) is 0.745. The smallest absolute Gasteiger partial charge is 0.341 e. The molecule has 1 saturated heterocycles. The first kappa shape index (κ1) is 20.8. The lowest BCUT2D eigenvalue weighted by atomic mass is 10.1. The van der Waals surface area contributed by atoms with Gasteiger partial charge >= 0.3 is 5.97 Å². The van der Waals surface area contributed by atoms with Crippen LogP contribution in [0.1, 0.15) is 5.56 Å². The number of aliphatic carboxylic acids is 1. The van der Waals surface area contributed by atoms with Gasteiger partial charge in [0.2, 0.25) is 0 Å². The van der Waals surface area contributed by atoms with Crippen molar-refractivity contribution in [3.8, 4) is 5.75 Å². The highest BCUT2D eigenvalue weighted by molar-refractivity contribution is 7.80. The van der Waals surface area contributed by atoms with Crippen LogP contribution in [0.2, 0.25) is 10.0 Å². The molecule has 7 nitrogen and oxygen atoms in total. The van der Waals surface area contributed by atoms with Gasteiger partial charge in [0.1, 0.15) is 11.3 Å². The third kappa shape index (κ3) is 4.73. The summed E-state index contributed by atoms with van der Waals surface area (Å²) >= 11 is 17.1. The molecule has 2 aromatic rings. The van der Waals surface area contributed by atoms with Crippen molar-refractivity contribution in [3.63, 3.8) is 0 Å². The normalized spacial score (nSPS) is 15.4. The van der Waals surface area contributed by atoms with E-state index in [4.69, 9.17) is 45.3 Å². The van der Waals surface area contributed by atoms with E-state index in [2.05, 4.69) is 5.32 Å². The van der Waals surface area contributed by atoms with Gasteiger partial charge in [-0.15, -0.1) is 0 Å². The number of hydrogen-bond donors (Lipinski definition) is 2. The number of carbonyl (C=O) groups excluding carboxylic acids is 2. The maximum Gasteiger partial charge on any atom is 0.341 e. The number of carboxylic acid groups (broad SMARTS) is 1. The minimum absolute atomic E-state index is 0.0464. The summed E-state index contributed by atoms with van der Waals surface area (Å²) in [6.07, 6.45) is 1.36. The van der Waals surface area contributed by atoms with E-state index in [1.165, 1.54) is 29.2 Å². The summed E-state index contributed by atoms with van der Waals surface area (Å²) in [5.74, 6) is -2.23. The Labute approximate surface area is 180 Å². The summed E-state index contributed by atoms with van der Waals surface area (Å²) in [7, 11) is 0. The van der Waals surface area contributed by atoms with Gasteiger partial charge in [-0.3, -0.25) is 19.8 Å². The van der Waals surface area contributed by atoms with E-state index in [1.54, 1.807) is 24.3 Å². The molecule has 0 unspecified atom stereocenters. The molecular weight excluding hydrogens is 439 g/mol. The summed E-state index contributed by atoms with van der Waals surface area (Å²) in [6.45, 7) is -0.547. The molecule has 1 fully saturated rings. The average molecular weight is 451 g/mol. The molecule has 1 aliphatic rings. The molecule has 2 N–H and O–H groups in total. The molecule has 3 rings (SSSR count). The van der Waals surface area contributed by atoms with E-state index in [0.29, 0.717) is 16.3 Å². The van der Waals surface area contributed by atoms with Crippen molar-refractivity contribution in [1.29, 1.82) is 0 Å². The van der Waals surface area contributed by atoms with Crippen LogP contribution in [0, 0.1) is 0 Å². The zero-order chi connectivity index (χ0) is 21.1. The predicted molar refractivity (Wildman–Crippen MR) is 112 cm³/mol. The Bertz CT molecular complexity index is 1050. The maximum absolute atomic E-state index is 12.9. The van der Waals surface area contributed by atoms with Crippen LogP contribution < -0.4 is 15.0 Å². The minimum atomic E-state index is -1.14. The van der Waals surface area contributed by atoms with Crippen molar-refractivity contribution in [2.45, 2.75) is 0 Å². The number of rotatable bonds is 5. The van der Waals surface area contributed by atoms with Crippen LogP contribution in [-0.2, 0) is 14.4 Å². The highest BCUT2D eigenvalue weighted by Gasteiger charge is 2.34. The van der Waals surface area contributed by atoms with E-state index >= 15 is 0 Å². The van der Waals surface area contributed by atoms with Crippen LogP contribution in [0.3, 0.4) is 0 Å². The minimum Gasteiger partial charge on any atom is -0.480 e. The van der Waals surface area contributed by atoms with Gasteiger partial charge in [0.05, 0.1) is 10.7 Å². The lowest BCUT2D eigenvalue weighted by Gasteiger charge is -2.29. The molecule has 2 aromatic carbocycles. The molecular formula is C19H12Cl2N2O5S. The van der Waals surface area contributed by atoms with Crippen molar-refractivity contribution in [2.75, 3.05) is 11.5 Å². The summed E-state index contributed by atoms with van der Waals surface area (Å²) in [6, 6.07) is 10.8. The number of ether oxygens (including phenoxy) is 1. The molecule has 1 heterocycles. The Hall–Kier alpha value is -2.94. The zero-order valence-corrected chi connectivity index (χ0v) is 16.8. The highest BCUT2D eigenvalue weighted by atomic mass is 35.5. The topological polar surface area (TPSA) is 95.9 Å². The molecule has 148 valence electrons. The number of hydrogen-bond acceptors (Lipinski definition) is 5. The average Bonchev–Trinajstić information content (AvgIpc) is 2.65. The van der Waals surface area contributed by atoms with Gasteiger partial charge in [-0.25, -0.2) is 4.79 Å². The molecule has 1 aliphatic heterocycles. The third-order valence-corrected chi connectivity index (χ3v) is 4.64. The van der Waals surface area contributed by atoms with Gasteiger partial charge in [-0.1, -0.05) is 29.3 Å². The molecule has 0 aliphatic carbocycles. The number of amides is 2. The van der Waals surface area contributed by atoms with Gasteiger partial charge in [0.25, 0.3) is 11.8 Å². The van der Waals surface area contributed by atoms with E-state index in [-0.39, 0.29) is 21.5 Å². The number of carboxylic acids is 1. The van der Waals surface area contributed by atoms with E-state index in [9.17, 15) is 14.4 Å². The lowest BCUT2D eigenvalue weighted by molar-refractivity contribution is -0.139. The van der Waals surface area contributed by atoms with Crippen LogP contribution in [0.25, 0.3) is 6.08 Å². The number of halogens is 2. The molecule has 0 spiro atoms. The Kier molecular flexibility index (Phi) is 6.17.